The number of hydrogen-bond donors (Lipinski definition) is 0. The van der Waals surface area contributed by atoms with Gasteiger partial charge in [-0.25, -0.2) is 4.98 Å². The lowest BCUT2D eigenvalue weighted by Crippen LogP contribution is -1.85. The van der Waals surface area contributed by atoms with Gasteiger partial charge in [-0.05, 0) is 24.3 Å². The number of thiophene rings is 1. The molecular formula is C33H16N2OS. The maximum absolute atomic E-state index is 6.69. The second-order valence-corrected chi connectivity index (χ2v) is 11.0. The molecule has 5 heterocycles. The van der Waals surface area contributed by atoms with Crippen molar-refractivity contribution in [3.63, 3.8) is 0 Å². The number of hydrogen-bond acceptors (Lipinski definition) is 3. The van der Waals surface area contributed by atoms with Crippen LogP contribution < -0.4 is 0 Å². The van der Waals surface area contributed by atoms with Crippen LogP contribution >= 0.6 is 11.3 Å². The molecule has 0 N–H and O–H groups in total. The molecule has 0 unspecified atom stereocenters. The Hall–Kier alpha value is -4.67. The van der Waals surface area contributed by atoms with Crippen LogP contribution in [0.2, 0.25) is 0 Å². The van der Waals surface area contributed by atoms with Gasteiger partial charge in [-0.3, -0.25) is 0 Å². The van der Waals surface area contributed by atoms with Gasteiger partial charge in [0, 0.05) is 47.1 Å². The van der Waals surface area contributed by atoms with Crippen LogP contribution in [0.15, 0.2) is 101 Å². The predicted octanol–water partition coefficient (Wildman–Crippen LogP) is 9.65. The second-order valence-electron chi connectivity index (χ2n) is 9.91. The zero-order chi connectivity index (χ0) is 23.8. The first-order valence-electron chi connectivity index (χ1n) is 12.5. The van der Waals surface area contributed by atoms with Crippen molar-refractivity contribution in [3.8, 4) is 0 Å². The van der Waals surface area contributed by atoms with E-state index in [1.807, 2.05) is 11.3 Å². The Morgan fingerprint density at radius 2 is 1.43 bits per heavy atom. The van der Waals surface area contributed by atoms with Crippen molar-refractivity contribution in [1.29, 1.82) is 0 Å². The number of para-hydroxylation sites is 3. The van der Waals surface area contributed by atoms with Gasteiger partial charge in [-0.1, -0.05) is 72.8 Å². The first-order chi connectivity index (χ1) is 18.4. The highest BCUT2D eigenvalue weighted by atomic mass is 32.1. The van der Waals surface area contributed by atoms with Gasteiger partial charge in [0.05, 0.1) is 33.0 Å². The van der Waals surface area contributed by atoms with Crippen molar-refractivity contribution in [2.45, 2.75) is 0 Å². The average molecular weight is 489 g/mol. The zero-order valence-corrected chi connectivity index (χ0v) is 20.3. The maximum atomic E-state index is 6.69. The first kappa shape index (κ1) is 18.6. The minimum absolute atomic E-state index is 0.926. The molecule has 0 radical (unpaired) electrons. The van der Waals surface area contributed by atoms with E-state index in [-0.39, 0.29) is 0 Å². The Kier molecular flexibility index (Phi) is 3.10. The van der Waals surface area contributed by atoms with Gasteiger partial charge >= 0.3 is 0 Å². The van der Waals surface area contributed by atoms with Gasteiger partial charge in [0.2, 0.25) is 0 Å². The summed E-state index contributed by atoms with van der Waals surface area (Å²) in [6.45, 7) is 0. The summed E-state index contributed by atoms with van der Waals surface area (Å²) in [7, 11) is 0. The highest BCUT2D eigenvalue weighted by molar-refractivity contribution is 7.27. The normalized spacial score (nSPS) is 12.9. The molecule has 10 aromatic rings. The molecule has 0 spiro atoms. The third kappa shape index (κ3) is 2.06. The molecule has 3 nitrogen and oxygen atoms in total. The van der Waals surface area contributed by atoms with E-state index in [9.17, 15) is 0 Å². The first-order valence-corrected chi connectivity index (χ1v) is 13.3. The molecule has 0 saturated heterocycles. The van der Waals surface area contributed by atoms with Gasteiger partial charge < -0.3 is 8.82 Å². The molecular weight excluding hydrogens is 472 g/mol. The Labute approximate surface area is 213 Å². The molecule has 10 rings (SSSR count). The van der Waals surface area contributed by atoms with Gasteiger partial charge in [-0.2, -0.15) is 0 Å². The van der Waals surface area contributed by atoms with Crippen LogP contribution in [0.25, 0.3) is 91.2 Å². The topological polar surface area (TPSA) is 30.4 Å². The molecule has 0 aliphatic carbocycles. The molecule has 0 saturated carbocycles. The van der Waals surface area contributed by atoms with E-state index >= 15 is 0 Å². The second kappa shape index (κ2) is 6.17. The van der Waals surface area contributed by atoms with Crippen LogP contribution in [0.3, 0.4) is 0 Å². The number of pyridine rings is 1. The van der Waals surface area contributed by atoms with Crippen molar-refractivity contribution >= 4 is 103 Å². The van der Waals surface area contributed by atoms with Crippen molar-refractivity contribution in [2.24, 2.45) is 0 Å². The Balaban J connectivity index is 1.63. The smallest absolute Gasteiger partial charge is 0.146 e. The molecule has 0 bridgehead atoms. The third-order valence-electron chi connectivity index (χ3n) is 8.07. The molecule has 4 heteroatoms. The quantitative estimate of drug-likeness (QED) is 0.213. The lowest BCUT2D eigenvalue weighted by Gasteiger charge is -2.03. The van der Waals surface area contributed by atoms with Crippen molar-refractivity contribution in [3.05, 3.63) is 97.1 Å². The van der Waals surface area contributed by atoms with E-state index in [1.54, 1.807) is 0 Å². The van der Waals surface area contributed by atoms with E-state index in [2.05, 4.69) is 101 Å². The molecule has 37 heavy (non-hydrogen) atoms. The summed E-state index contributed by atoms with van der Waals surface area (Å²) in [5, 5.41) is 9.76. The molecule has 0 atom stereocenters. The maximum Gasteiger partial charge on any atom is 0.146 e. The van der Waals surface area contributed by atoms with E-state index in [0.29, 0.717) is 0 Å². The minimum Gasteiger partial charge on any atom is -0.455 e. The predicted molar refractivity (Wildman–Crippen MR) is 157 cm³/mol. The van der Waals surface area contributed by atoms with Crippen LogP contribution in [0, 0.1) is 0 Å². The van der Waals surface area contributed by atoms with E-state index in [0.717, 1.165) is 38.5 Å². The molecule has 5 aromatic carbocycles. The number of furan rings is 1. The van der Waals surface area contributed by atoms with Crippen molar-refractivity contribution in [1.82, 2.24) is 9.38 Å². The summed E-state index contributed by atoms with van der Waals surface area (Å²) >= 11 is 1.87. The lowest BCUT2D eigenvalue weighted by atomic mass is 10.0. The van der Waals surface area contributed by atoms with Crippen LogP contribution in [0.1, 0.15) is 0 Å². The fraction of sp³-hybridized carbons (Fsp3) is 0. The molecule has 0 aliphatic rings. The summed E-state index contributed by atoms with van der Waals surface area (Å²) in [5.41, 5.74) is 7.59. The number of fused-ring (bicyclic) bond motifs is 16. The van der Waals surface area contributed by atoms with Crippen LogP contribution in [-0.4, -0.2) is 9.38 Å². The molecule has 0 aliphatic heterocycles. The third-order valence-corrected chi connectivity index (χ3v) is 9.26. The highest BCUT2D eigenvalue weighted by Gasteiger charge is 2.26. The summed E-state index contributed by atoms with van der Waals surface area (Å²) in [5.74, 6) is 0. The van der Waals surface area contributed by atoms with Gasteiger partial charge in [0.15, 0.2) is 0 Å². The monoisotopic (exact) mass is 488 g/mol. The van der Waals surface area contributed by atoms with E-state index < -0.39 is 0 Å². The molecule has 170 valence electrons. The molecule has 0 fully saturated rings. The van der Waals surface area contributed by atoms with E-state index in [4.69, 9.17) is 9.40 Å². The summed E-state index contributed by atoms with van der Waals surface area (Å²) in [6, 6.07) is 34.6. The number of rotatable bonds is 0. The van der Waals surface area contributed by atoms with Crippen molar-refractivity contribution < 1.29 is 4.42 Å². The van der Waals surface area contributed by atoms with Gasteiger partial charge in [0.25, 0.3) is 0 Å². The Morgan fingerprint density at radius 1 is 0.649 bits per heavy atom. The lowest BCUT2D eigenvalue weighted by molar-refractivity contribution is 0.673. The molecule has 5 aromatic heterocycles. The summed E-state index contributed by atoms with van der Waals surface area (Å²) < 4.78 is 11.7. The van der Waals surface area contributed by atoms with Crippen LogP contribution in [0.5, 0.6) is 0 Å². The number of benzene rings is 5. The van der Waals surface area contributed by atoms with Crippen LogP contribution in [0.4, 0.5) is 0 Å². The van der Waals surface area contributed by atoms with E-state index in [1.165, 1.54) is 52.8 Å². The van der Waals surface area contributed by atoms with Crippen LogP contribution in [-0.2, 0) is 0 Å². The molecule has 0 amide bonds. The SMILES string of the molecule is c1ccc2nc3c4cccc5c6c7sc8ccccc8c7c7oc8ccccc8c7c6n(c3cc2c1)c45. The fourth-order valence-corrected chi connectivity index (χ4v) is 7.87. The van der Waals surface area contributed by atoms with Gasteiger partial charge in [-0.15, -0.1) is 11.3 Å². The van der Waals surface area contributed by atoms with Gasteiger partial charge in [0.1, 0.15) is 11.2 Å². The fourth-order valence-electron chi connectivity index (χ4n) is 6.61. The average Bonchev–Trinajstić information content (AvgIpc) is 3.67. The highest BCUT2D eigenvalue weighted by Crippen LogP contribution is 2.51. The standard InChI is InChI=1S/C33H16N2OS/c1-4-13-22-17(8-1)16-23-29(34-22)21-12-7-11-20-27-31(35(23)30(20)21)26-18-9-2-5-14-24(18)36-32(26)28-19-10-3-6-15-25(19)37-33(27)28/h1-16H. The largest absolute Gasteiger partial charge is 0.455 e. The Bertz CT molecular complexity index is 2550. The number of aromatic nitrogens is 2. The summed E-state index contributed by atoms with van der Waals surface area (Å²) in [4.78, 5) is 5.16. The number of nitrogens with zero attached hydrogens (tertiary/aromatic N) is 2. The Morgan fingerprint density at radius 3 is 2.41 bits per heavy atom. The summed E-state index contributed by atoms with van der Waals surface area (Å²) in [6.07, 6.45) is 0. The minimum atomic E-state index is 0.926. The van der Waals surface area contributed by atoms with Crippen molar-refractivity contribution in [2.75, 3.05) is 0 Å². The zero-order valence-electron chi connectivity index (χ0n) is 19.4.